The number of halogens is 1. The maximum absolute atomic E-state index is 12.3. The van der Waals surface area contributed by atoms with E-state index in [0.29, 0.717) is 23.8 Å². The average molecular weight is 377 g/mol. The minimum absolute atomic E-state index is 0.185. The molecule has 3 rings (SSSR count). The molecular formula is C17H17ClN4O4. The van der Waals surface area contributed by atoms with Crippen LogP contribution in [0.25, 0.3) is 0 Å². The Morgan fingerprint density at radius 1 is 1.31 bits per heavy atom. The fourth-order valence-electron chi connectivity index (χ4n) is 2.56. The van der Waals surface area contributed by atoms with Crippen molar-refractivity contribution in [1.29, 1.82) is 0 Å². The molecule has 4 N–H and O–H groups in total. The highest BCUT2D eigenvalue weighted by atomic mass is 35.5. The Labute approximate surface area is 154 Å². The van der Waals surface area contributed by atoms with Gasteiger partial charge in [0.1, 0.15) is 11.6 Å². The normalized spacial score (nSPS) is 15.3. The summed E-state index contributed by atoms with van der Waals surface area (Å²) in [6.07, 6.45) is 0.621. The quantitative estimate of drug-likeness (QED) is 0.740. The van der Waals surface area contributed by atoms with Crippen molar-refractivity contribution in [2.45, 2.75) is 12.5 Å². The number of para-hydroxylation sites is 1. The van der Waals surface area contributed by atoms with Gasteiger partial charge in [-0.15, -0.1) is 0 Å². The summed E-state index contributed by atoms with van der Waals surface area (Å²) in [5, 5.41) is 6.02. The minimum Gasteiger partial charge on any atom is -0.492 e. The van der Waals surface area contributed by atoms with Gasteiger partial charge in [0.15, 0.2) is 6.61 Å². The Morgan fingerprint density at radius 2 is 2.12 bits per heavy atom. The lowest BCUT2D eigenvalue weighted by Crippen LogP contribution is -2.35. The predicted octanol–water partition coefficient (Wildman–Crippen LogP) is 2.24. The number of carbonyl (C=O) groups is 2. The number of nitrogens with zero attached hydrogens (tertiary/aromatic N) is 1. The minimum atomic E-state index is -0.611. The van der Waals surface area contributed by atoms with Gasteiger partial charge in [0, 0.05) is 18.1 Å². The number of nitrogens with one attached hydrogen (secondary N) is 2. The van der Waals surface area contributed by atoms with Crippen LogP contribution in [0, 0.1) is 0 Å². The molecule has 1 atom stereocenters. The first-order valence-electron chi connectivity index (χ1n) is 7.90. The van der Waals surface area contributed by atoms with Crippen molar-refractivity contribution in [1.82, 2.24) is 10.3 Å². The van der Waals surface area contributed by atoms with Gasteiger partial charge >= 0.3 is 6.03 Å². The molecule has 0 aliphatic carbocycles. The first kappa shape index (κ1) is 17.8. The lowest BCUT2D eigenvalue weighted by molar-refractivity contribution is -0.120. The Bertz CT molecular complexity index is 830. The molecular weight excluding hydrogens is 360 g/mol. The number of primary amides is 1. The van der Waals surface area contributed by atoms with Gasteiger partial charge in [0.2, 0.25) is 5.88 Å². The average Bonchev–Trinajstić information content (AvgIpc) is 2.61. The van der Waals surface area contributed by atoms with Crippen molar-refractivity contribution in [2.24, 2.45) is 5.73 Å². The molecule has 0 radical (unpaired) electrons. The van der Waals surface area contributed by atoms with Gasteiger partial charge in [-0.1, -0.05) is 29.8 Å². The molecule has 1 aliphatic heterocycles. The largest absolute Gasteiger partial charge is 0.492 e. The second kappa shape index (κ2) is 7.92. The van der Waals surface area contributed by atoms with Crippen LogP contribution in [-0.4, -0.2) is 30.1 Å². The second-order valence-corrected chi connectivity index (χ2v) is 5.97. The molecule has 0 spiro atoms. The molecule has 0 bridgehead atoms. The van der Waals surface area contributed by atoms with Gasteiger partial charge in [-0.2, -0.15) is 4.98 Å². The van der Waals surface area contributed by atoms with Gasteiger partial charge in [0.25, 0.3) is 5.91 Å². The number of aromatic nitrogens is 1. The summed E-state index contributed by atoms with van der Waals surface area (Å²) in [6, 6.07) is 9.56. The number of urea groups is 1. The Morgan fingerprint density at radius 3 is 2.92 bits per heavy atom. The van der Waals surface area contributed by atoms with Crippen LogP contribution >= 0.6 is 11.6 Å². The van der Waals surface area contributed by atoms with Gasteiger partial charge in [-0.3, -0.25) is 10.1 Å². The van der Waals surface area contributed by atoms with Gasteiger partial charge < -0.3 is 20.5 Å². The number of ether oxygens (including phenoxy) is 2. The number of benzene rings is 1. The lowest BCUT2D eigenvalue weighted by atomic mass is 10.0. The summed E-state index contributed by atoms with van der Waals surface area (Å²) in [7, 11) is 0. The van der Waals surface area contributed by atoms with E-state index in [9.17, 15) is 9.59 Å². The van der Waals surface area contributed by atoms with Crippen LogP contribution in [0.4, 0.5) is 10.6 Å². The fraction of sp³-hybridized carbons (Fsp3) is 0.235. The zero-order chi connectivity index (χ0) is 18.5. The van der Waals surface area contributed by atoms with Crippen LogP contribution in [0.2, 0.25) is 5.02 Å². The maximum atomic E-state index is 12.3. The van der Waals surface area contributed by atoms with Crippen molar-refractivity contribution >= 4 is 29.4 Å². The Kier molecular flexibility index (Phi) is 5.43. The van der Waals surface area contributed by atoms with Crippen LogP contribution < -0.4 is 25.8 Å². The third kappa shape index (κ3) is 4.34. The molecule has 8 nitrogen and oxygen atoms in total. The van der Waals surface area contributed by atoms with E-state index in [2.05, 4.69) is 15.6 Å². The number of hydrogen-bond donors (Lipinski definition) is 3. The summed E-state index contributed by atoms with van der Waals surface area (Å²) in [5.41, 5.74) is 5.85. The molecule has 2 heterocycles. The zero-order valence-corrected chi connectivity index (χ0v) is 14.5. The monoisotopic (exact) mass is 376 g/mol. The number of fused-ring (bicyclic) bond motifs is 1. The summed E-state index contributed by atoms with van der Waals surface area (Å²) in [5.74, 6) is 0.443. The highest BCUT2D eigenvalue weighted by Gasteiger charge is 2.24. The topological polar surface area (TPSA) is 116 Å². The Balaban J connectivity index is 1.64. The van der Waals surface area contributed by atoms with Gasteiger partial charge in [0.05, 0.1) is 17.7 Å². The van der Waals surface area contributed by atoms with Crippen molar-refractivity contribution in [3.05, 3.63) is 47.0 Å². The van der Waals surface area contributed by atoms with Crippen LogP contribution in [0.5, 0.6) is 11.6 Å². The number of anilines is 1. The molecule has 26 heavy (non-hydrogen) atoms. The summed E-state index contributed by atoms with van der Waals surface area (Å²) < 4.78 is 10.7. The van der Waals surface area contributed by atoms with Gasteiger partial charge in [-0.05, 0) is 12.1 Å². The van der Waals surface area contributed by atoms with Crippen molar-refractivity contribution in [2.75, 3.05) is 18.5 Å². The van der Waals surface area contributed by atoms with E-state index in [4.69, 9.17) is 26.8 Å². The molecule has 0 saturated heterocycles. The van der Waals surface area contributed by atoms with Gasteiger partial charge in [-0.25, -0.2) is 4.79 Å². The van der Waals surface area contributed by atoms with Crippen LogP contribution in [0.3, 0.4) is 0 Å². The van der Waals surface area contributed by atoms with Crippen LogP contribution in [0.15, 0.2) is 36.4 Å². The number of nitrogens with two attached hydrogens (primary N) is 1. The molecule has 1 aromatic heterocycles. The van der Waals surface area contributed by atoms with E-state index in [1.807, 2.05) is 12.1 Å². The highest BCUT2D eigenvalue weighted by molar-refractivity contribution is 6.32. The standard InChI is InChI=1S/C17H17ClN4O4/c18-11-4-1-3-10-12(7-8-25-16(10)11)20-17(24)22-14-5-2-6-15(21-14)26-9-13(19)23/h1-6,12H,7-9H2,(H2,19,23)(H2,20,21,22,24)/t12-/m0/s1. The number of rotatable bonds is 5. The van der Waals surface area contributed by atoms with Crippen molar-refractivity contribution < 1.29 is 19.1 Å². The molecule has 1 aromatic carbocycles. The molecule has 2 aromatic rings. The second-order valence-electron chi connectivity index (χ2n) is 5.56. The van der Waals surface area contributed by atoms with Crippen molar-refractivity contribution in [3.8, 4) is 11.6 Å². The fourth-order valence-corrected chi connectivity index (χ4v) is 2.79. The molecule has 9 heteroatoms. The lowest BCUT2D eigenvalue weighted by Gasteiger charge is -2.27. The summed E-state index contributed by atoms with van der Waals surface area (Å²) >= 11 is 6.13. The number of pyridine rings is 1. The number of amides is 3. The van der Waals surface area contributed by atoms with E-state index in [0.717, 1.165) is 5.56 Å². The predicted molar refractivity (Wildman–Crippen MR) is 95.4 cm³/mol. The smallest absolute Gasteiger partial charge is 0.320 e. The molecule has 3 amide bonds. The molecule has 1 aliphatic rings. The van der Waals surface area contributed by atoms with Crippen LogP contribution in [0.1, 0.15) is 18.0 Å². The number of hydrogen-bond acceptors (Lipinski definition) is 5. The summed E-state index contributed by atoms with van der Waals surface area (Å²) in [6.45, 7) is 0.165. The van der Waals surface area contributed by atoms with Crippen molar-refractivity contribution in [3.63, 3.8) is 0 Å². The Hall–Kier alpha value is -3.00. The molecule has 0 saturated carbocycles. The van der Waals surface area contributed by atoms with E-state index >= 15 is 0 Å². The van der Waals surface area contributed by atoms with E-state index in [1.165, 1.54) is 0 Å². The summed E-state index contributed by atoms with van der Waals surface area (Å²) in [4.78, 5) is 27.1. The first-order chi connectivity index (χ1) is 12.5. The molecule has 0 unspecified atom stereocenters. The molecule has 136 valence electrons. The third-order valence-electron chi connectivity index (χ3n) is 3.66. The SMILES string of the molecule is NC(=O)COc1cccc(NC(=O)N[C@H]2CCOc3c(Cl)cccc32)n1. The highest BCUT2D eigenvalue weighted by Crippen LogP contribution is 2.37. The van der Waals surface area contributed by atoms with E-state index in [-0.39, 0.29) is 24.3 Å². The molecule has 0 fully saturated rings. The van der Waals surface area contributed by atoms with E-state index in [1.54, 1.807) is 24.3 Å². The van der Waals surface area contributed by atoms with E-state index < -0.39 is 11.9 Å². The maximum Gasteiger partial charge on any atom is 0.320 e. The first-order valence-corrected chi connectivity index (χ1v) is 8.27. The number of carbonyl (C=O) groups excluding carboxylic acids is 2. The zero-order valence-electron chi connectivity index (χ0n) is 13.7. The van der Waals surface area contributed by atoms with Crippen LogP contribution in [-0.2, 0) is 4.79 Å². The third-order valence-corrected chi connectivity index (χ3v) is 3.96.